The molecule has 1 unspecified atom stereocenters. The molecule has 2 heteroatoms. The molecule has 0 aromatic carbocycles. The molecule has 1 saturated heterocycles. The highest BCUT2D eigenvalue weighted by Crippen LogP contribution is 2.15. The average molecular weight is 313 g/mol. The number of ether oxygens (including phenoxy) is 1. The molecule has 0 bridgehead atoms. The van der Waals surface area contributed by atoms with Crippen LogP contribution in [0.4, 0.5) is 0 Å². The van der Waals surface area contributed by atoms with Gasteiger partial charge in [0.05, 0.1) is 9.52 Å². The molecule has 1 nitrogen and oxygen atoms in total. The molecule has 0 aliphatic carbocycles. The molecular formula is C19H40OSi. The summed E-state index contributed by atoms with van der Waals surface area (Å²) in [5.41, 5.74) is 0.742. The van der Waals surface area contributed by atoms with Gasteiger partial charge in [0.1, 0.15) is 0 Å². The normalized spacial score (nSPS) is 19.6. The molecule has 1 heterocycles. The van der Waals surface area contributed by atoms with Crippen LogP contribution in [0.5, 0.6) is 0 Å². The van der Waals surface area contributed by atoms with Crippen molar-refractivity contribution >= 4 is 9.52 Å². The predicted molar refractivity (Wildman–Crippen MR) is 98.0 cm³/mol. The molecule has 1 aliphatic rings. The van der Waals surface area contributed by atoms with Gasteiger partial charge in [0.25, 0.3) is 0 Å². The van der Waals surface area contributed by atoms with Gasteiger partial charge in [0.2, 0.25) is 0 Å². The van der Waals surface area contributed by atoms with Crippen LogP contribution in [0.25, 0.3) is 0 Å². The second-order valence-corrected chi connectivity index (χ2v) is 9.22. The Morgan fingerprint density at radius 3 is 1.86 bits per heavy atom. The van der Waals surface area contributed by atoms with Crippen LogP contribution in [0.2, 0.25) is 6.04 Å². The Morgan fingerprint density at radius 2 is 1.33 bits per heavy atom. The number of unbranched alkanes of at least 4 members (excludes halogenated alkanes) is 11. The topological polar surface area (TPSA) is 9.23 Å². The van der Waals surface area contributed by atoms with E-state index >= 15 is 0 Å². The third kappa shape index (κ3) is 12.4. The maximum absolute atomic E-state index is 5.85. The van der Waals surface area contributed by atoms with E-state index in [-0.39, 0.29) is 9.52 Å². The van der Waals surface area contributed by atoms with E-state index in [1.807, 2.05) is 0 Å². The summed E-state index contributed by atoms with van der Waals surface area (Å²) in [5.74, 6) is 0. The summed E-state index contributed by atoms with van der Waals surface area (Å²) in [6, 6.07) is 1.53. The van der Waals surface area contributed by atoms with Crippen LogP contribution in [-0.2, 0) is 4.74 Å². The first-order chi connectivity index (χ1) is 10.4. The maximum atomic E-state index is 5.85. The highest BCUT2D eigenvalue weighted by molar-refractivity contribution is 6.37. The molecule has 0 aromatic heterocycles. The van der Waals surface area contributed by atoms with E-state index in [0.29, 0.717) is 0 Å². The Labute approximate surface area is 136 Å². The minimum Gasteiger partial charge on any atom is -0.382 e. The first-order valence-electron chi connectivity index (χ1n) is 10.0. The molecule has 1 fully saturated rings. The molecule has 0 radical (unpaired) electrons. The van der Waals surface area contributed by atoms with Crippen molar-refractivity contribution in [3.63, 3.8) is 0 Å². The standard InChI is InChI=1S/C19H40OSi/c1-2-3-4-5-6-7-8-9-10-11-12-15-18-21-19-16-13-14-17-20-19/h19H,2-18,21H2,1H3. The zero-order valence-electron chi connectivity index (χ0n) is 14.7. The first-order valence-corrected chi connectivity index (χ1v) is 11.9. The van der Waals surface area contributed by atoms with Gasteiger partial charge in [-0.15, -0.1) is 0 Å². The molecule has 1 aliphatic heterocycles. The van der Waals surface area contributed by atoms with Gasteiger partial charge in [-0.25, -0.2) is 0 Å². The van der Waals surface area contributed by atoms with Gasteiger partial charge in [-0.1, -0.05) is 90.0 Å². The highest BCUT2D eigenvalue weighted by atomic mass is 28.2. The van der Waals surface area contributed by atoms with Crippen LogP contribution in [0.1, 0.15) is 103 Å². The SMILES string of the molecule is CCCCCCCCCCCCCC[SiH2]C1CCCCO1. The van der Waals surface area contributed by atoms with Gasteiger partial charge in [-0.3, -0.25) is 0 Å². The smallest absolute Gasteiger partial charge is 0.0555 e. The van der Waals surface area contributed by atoms with Crippen LogP contribution in [0, 0.1) is 0 Å². The lowest BCUT2D eigenvalue weighted by Gasteiger charge is -2.22. The van der Waals surface area contributed by atoms with E-state index in [9.17, 15) is 0 Å². The van der Waals surface area contributed by atoms with Crippen molar-refractivity contribution in [2.24, 2.45) is 0 Å². The van der Waals surface area contributed by atoms with Gasteiger partial charge >= 0.3 is 0 Å². The summed E-state index contributed by atoms with van der Waals surface area (Å²) in [6.07, 6.45) is 21.7. The fraction of sp³-hybridized carbons (Fsp3) is 1.00. The molecule has 1 atom stereocenters. The predicted octanol–water partition coefficient (Wildman–Crippen LogP) is 5.80. The lowest BCUT2D eigenvalue weighted by Crippen LogP contribution is -2.25. The zero-order chi connectivity index (χ0) is 15.0. The summed E-state index contributed by atoms with van der Waals surface area (Å²) < 4.78 is 5.85. The van der Waals surface area contributed by atoms with Gasteiger partial charge in [-0.05, 0) is 19.3 Å². The maximum Gasteiger partial charge on any atom is 0.0555 e. The molecule has 1 rings (SSSR count). The fourth-order valence-electron chi connectivity index (χ4n) is 3.42. The largest absolute Gasteiger partial charge is 0.382 e. The summed E-state index contributed by atoms with van der Waals surface area (Å²) in [5, 5.41) is 0. The number of hydrogen-bond donors (Lipinski definition) is 0. The van der Waals surface area contributed by atoms with Crippen molar-refractivity contribution in [3.8, 4) is 0 Å². The van der Waals surface area contributed by atoms with Gasteiger partial charge in [0, 0.05) is 12.3 Å². The van der Waals surface area contributed by atoms with Crippen molar-refractivity contribution in [1.29, 1.82) is 0 Å². The summed E-state index contributed by atoms with van der Waals surface area (Å²) in [7, 11) is 0.0852. The van der Waals surface area contributed by atoms with E-state index in [1.165, 1.54) is 102 Å². The third-order valence-electron chi connectivity index (χ3n) is 4.90. The van der Waals surface area contributed by atoms with Crippen LogP contribution < -0.4 is 0 Å². The Kier molecular flexibility index (Phi) is 13.8. The van der Waals surface area contributed by atoms with E-state index < -0.39 is 0 Å². The second kappa shape index (κ2) is 15.1. The highest BCUT2D eigenvalue weighted by Gasteiger charge is 2.12. The Balaban J connectivity index is 1.69. The van der Waals surface area contributed by atoms with Crippen LogP contribution in [-0.4, -0.2) is 21.9 Å². The van der Waals surface area contributed by atoms with Crippen molar-refractivity contribution in [2.75, 3.05) is 6.61 Å². The summed E-state index contributed by atoms with van der Waals surface area (Å²) >= 11 is 0. The number of rotatable bonds is 14. The Hall–Kier alpha value is 0.177. The first kappa shape index (κ1) is 19.2. The fourth-order valence-corrected chi connectivity index (χ4v) is 5.43. The zero-order valence-corrected chi connectivity index (χ0v) is 16.1. The van der Waals surface area contributed by atoms with Crippen molar-refractivity contribution in [1.82, 2.24) is 0 Å². The quantitative estimate of drug-likeness (QED) is 0.291. The van der Waals surface area contributed by atoms with Crippen LogP contribution in [0.15, 0.2) is 0 Å². The van der Waals surface area contributed by atoms with E-state index in [2.05, 4.69) is 6.92 Å². The molecule has 0 N–H and O–H groups in total. The Bertz CT molecular complexity index is 202. The molecule has 0 amide bonds. The van der Waals surface area contributed by atoms with Crippen LogP contribution in [0.3, 0.4) is 0 Å². The van der Waals surface area contributed by atoms with Gasteiger partial charge in [-0.2, -0.15) is 0 Å². The minimum absolute atomic E-state index is 0.0852. The molecule has 21 heavy (non-hydrogen) atoms. The Morgan fingerprint density at radius 1 is 0.762 bits per heavy atom. The molecule has 0 spiro atoms. The van der Waals surface area contributed by atoms with Crippen molar-refractivity contribution < 1.29 is 4.74 Å². The third-order valence-corrected chi connectivity index (χ3v) is 7.10. The average Bonchev–Trinajstić information content (AvgIpc) is 2.53. The van der Waals surface area contributed by atoms with Crippen LogP contribution >= 0.6 is 0 Å². The molecule has 0 aromatic rings. The van der Waals surface area contributed by atoms with Gasteiger partial charge in [0.15, 0.2) is 0 Å². The van der Waals surface area contributed by atoms with E-state index in [0.717, 1.165) is 12.3 Å². The van der Waals surface area contributed by atoms with E-state index in [1.54, 1.807) is 0 Å². The lowest BCUT2D eigenvalue weighted by molar-refractivity contribution is 0.0649. The lowest BCUT2D eigenvalue weighted by atomic mass is 10.1. The molecule has 0 saturated carbocycles. The molecule has 126 valence electrons. The number of hydrogen-bond acceptors (Lipinski definition) is 1. The minimum atomic E-state index is 0.0852. The molecular weight excluding hydrogens is 272 g/mol. The van der Waals surface area contributed by atoms with Crippen molar-refractivity contribution in [3.05, 3.63) is 0 Å². The second-order valence-electron chi connectivity index (χ2n) is 7.02. The van der Waals surface area contributed by atoms with Gasteiger partial charge < -0.3 is 4.74 Å². The summed E-state index contributed by atoms with van der Waals surface area (Å²) in [4.78, 5) is 0. The summed E-state index contributed by atoms with van der Waals surface area (Å²) in [6.45, 7) is 3.35. The van der Waals surface area contributed by atoms with Crippen molar-refractivity contribution in [2.45, 2.75) is 115 Å². The monoisotopic (exact) mass is 312 g/mol. The van der Waals surface area contributed by atoms with E-state index in [4.69, 9.17) is 4.74 Å².